The number of fused-ring (bicyclic) bond motifs is 3. The van der Waals surface area contributed by atoms with Crippen molar-refractivity contribution in [2.45, 2.75) is 76.3 Å². The van der Waals surface area contributed by atoms with Gasteiger partial charge in [-0.25, -0.2) is 4.98 Å². The lowest BCUT2D eigenvalue weighted by molar-refractivity contribution is -0.127. The second kappa shape index (κ2) is 8.64. The van der Waals surface area contributed by atoms with Crippen LogP contribution in [0.1, 0.15) is 74.8 Å². The quantitative estimate of drug-likeness (QED) is 0.695. The summed E-state index contributed by atoms with van der Waals surface area (Å²) in [5, 5.41) is 2.95. The molecule has 36 heavy (non-hydrogen) atoms. The Labute approximate surface area is 212 Å². The summed E-state index contributed by atoms with van der Waals surface area (Å²) in [6.45, 7) is 4.66. The van der Waals surface area contributed by atoms with E-state index in [0.717, 1.165) is 53.8 Å². The number of aromatic nitrogens is 2. The summed E-state index contributed by atoms with van der Waals surface area (Å²) in [6, 6.07) is 6.02. The molecule has 2 spiro atoms. The molecule has 1 saturated carbocycles. The summed E-state index contributed by atoms with van der Waals surface area (Å²) in [5.41, 5.74) is 3.76. The number of nitrogens with zero attached hydrogens (tertiary/aromatic N) is 4. The van der Waals surface area contributed by atoms with Gasteiger partial charge in [0.05, 0.1) is 5.41 Å². The molecule has 6 rings (SSSR count). The van der Waals surface area contributed by atoms with Crippen LogP contribution in [0, 0.1) is 5.92 Å². The van der Waals surface area contributed by atoms with Gasteiger partial charge in [0.2, 0.25) is 5.91 Å². The molecule has 2 amide bonds. The van der Waals surface area contributed by atoms with E-state index in [0.29, 0.717) is 25.2 Å². The molecule has 1 atom stereocenters. The van der Waals surface area contributed by atoms with Crippen LogP contribution >= 0.6 is 0 Å². The van der Waals surface area contributed by atoms with Crippen molar-refractivity contribution in [1.82, 2.24) is 14.9 Å². The van der Waals surface area contributed by atoms with Gasteiger partial charge in [-0.3, -0.25) is 19.6 Å². The van der Waals surface area contributed by atoms with Crippen molar-refractivity contribution in [3.8, 4) is 0 Å². The Morgan fingerprint density at radius 3 is 2.69 bits per heavy atom. The van der Waals surface area contributed by atoms with Crippen molar-refractivity contribution in [1.29, 1.82) is 0 Å². The molecule has 0 aromatic carbocycles. The summed E-state index contributed by atoms with van der Waals surface area (Å²) < 4.78 is 0. The molecule has 0 bridgehead atoms. The predicted octanol–water partition coefficient (Wildman–Crippen LogP) is 4.47. The van der Waals surface area contributed by atoms with Crippen LogP contribution in [0.5, 0.6) is 0 Å². The molecule has 2 aromatic heterocycles. The van der Waals surface area contributed by atoms with E-state index in [-0.39, 0.29) is 23.4 Å². The van der Waals surface area contributed by atoms with E-state index in [1.807, 2.05) is 29.3 Å². The van der Waals surface area contributed by atoms with Gasteiger partial charge in [0.15, 0.2) is 0 Å². The number of hydrogen-bond acceptors (Lipinski definition) is 5. The molecule has 7 nitrogen and oxygen atoms in total. The molecule has 2 aliphatic heterocycles. The van der Waals surface area contributed by atoms with Crippen molar-refractivity contribution in [3.05, 3.63) is 59.1 Å². The Kier molecular flexibility index (Phi) is 5.54. The van der Waals surface area contributed by atoms with Crippen LogP contribution in [0.2, 0.25) is 0 Å². The van der Waals surface area contributed by atoms with Gasteiger partial charge in [-0.15, -0.1) is 0 Å². The molecular formula is C29H33N5O2. The number of nitrogens with one attached hydrogen (secondary N) is 1. The molecule has 4 heterocycles. The van der Waals surface area contributed by atoms with Crippen molar-refractivity contribution < 1.29 is 9.59 Å². The van der Waals surface area contributed by atoms with E-state index in [1.54, 1.807) is 6.20 Å². The zero-order chi connectivity index (χ0) is 24.9. The fourth-order valence-electron chi connectivity index (χ4n) is 6.48. The average Bonchev–Trinajstić information content (AvgIpc) is 3.38. The lowest BCUT2D eigenvalue weighted by atomic mass is 9.80. The standard InChI is InChI=1S/C29H33N5O2/c1-19(2)24-26(35)34(29(33-24)11-5-3-4-6-12-29)14-8-9-20-15-21-16-28(17-23(21)31-18-20)22-10-7-13-30-25(22)32-27(28)36/h7-10,13,15,18-19H,3-6,11-12,14,16-17H2,1-2H3,(H,30,32,36)/b9-8+/t28-/m0/s1. The largest absolute Gasteiger partial charge is 0.310 e. The fraction of sp³-hybridized carbons (Fsp3) is 0.483. The SMILES string of the molecule is CC(C)C1=NC2(CCCCCC2)N(C/C=C/c2cnc3c(c2)C[C@@]2(C3)C(=O)Nc3ncccc32)C1=O. The number of carbonyl (C=O) groups excluding carboxylic acids is 2. The van der Waals surface area contributed by atoms with Crippen molar-refractivity contribution in [2.24, 2.45) is 10.9 Å². The van der Waals surface area contributed by atoms with Gasteiger partial charge in [-0.1, -0.05) is 44.9 Å². The molecule has 4 aliphatic rings. The maximum Gasteiger partial charge on any atom is 0.270 e. The minimum absolute atomic E-state index is 0.00786. The van der Waals surface area contributed by atoms with E-state index in [2.05, 4.69) is 36.3 Å². The van der Waals surface area contributed by atoms with Gasteiger partial charge in [-0.05, 0) is 55.4 Å². The molecule has 2 aromatic rings. The average molecular weight is 484 g/mol. The summed E-state index contributed by atoms with van der Waals surface area (Å²) in [5.74, 6) is 0.896. The highest BCUT2D eigenvalue weighted by molar-refractivity contribution is 6.41. The molecule has 1 fully saturated rings. The number of carbonyl (C=O) groups is 2. The van der Waals surface area contributed by atoms with Crippen LogP contribution < -0.4 is 5.32 Å². The topological polar surface area (TPSA) is 87.6 Å². The van der Waals surface area contributed by atoms with Crippen LogP contribution in [-0.2, 0) is 27.8 Å². The number of pyridine rings is 2. The smallest absolute Gasteiger partial charge is 0.270 e. The minimum Gasteiger partial charge on any atom is -0.310 e. The van der Waals surface area contributed by atoms with Crippen LogP contribution in [0.15, 0.2) is 41.7 Å². The van der Waals surface area contributed by atoms with Crippen LogP contribution in [0.4, 0.5) is 5.82 Å². The summed E-state index contributed by atoms with van der Waals surface area (Å²) in [4.78, 5) is 42.4. The van der Waals surface area contributed by atoms with Crippen molar-refractivity contribution in [3.63, 3.8) is 0 Å². The Morgan fingerprint density at radius 2 is 1.92 bits per heavy atom. The lowest BCUT2D eigenvalue weighted by Crippen LogP contribution is -2.46. The van der Waals surface area contributed by atoms with Crippen molar-refractivity contribution in [2.75, 3.05) is 11.9 Å². The molecule has 186 valence electrons. The van der Waals surface area contributed by atoms with E-state index in [4.69, 9.17) is 9.98 Å². The molecular weight excluding hydrogens is 450 g/mol. The van der Waals surface area contributed by atoms with E-state index < -0.39 is 5.41 Å². The number of anilines is 1. The first-order valence-corrected chi connectivity index (χ1v) is 13.2. The molecule has 7 heteroatoms. The first-order valence-electron chi connectivity index (χ1n) is 13.2. The molecule has 0 saturated heterocycles. The fourth-order valence-corrected chi connectivity index (χ4v) is 6.48. The van der Waals surface area contributed by atoms with Crippen molar-refractivity contribution >= 4 is 29.4 Å². The third-order valence-corrected chi connectivity index (χ3v) is 8.38. The Hall–Kier alpha value is -3.35. The van der Waals surface area contributed by atoms with E-state index in [1.165, 1.54) is 12.8 Å². The Morgan fingerprint density at radius 1 is 1.11 bits per heavy atom. The Balaban J connectivity index is 1.21. The number of hydrogen-bond donors (Lipinski definition) is 1. The molecule has 1 N–H and O–H groups in total. The number of rotatable bonds is 4. The van der Waals surface area contributed by atoms with Gasteiger partial charge in [0.1, 0.15) is 17.2 Å². The van der Waals surface area contributed by atoms with Crippen LogP contribution in [0.25, 0.3) is 6.08 Å². The van der Waals surface area contributed by atoms with Crippen LogP contribution in [0.3, 0.4) is 0 Å². The summed E-state index contributed by atoms with van der Waals surface area (Å²) in [7, 11) is 0. The second-order valence-electron chi connectivity index (χ2n) is 11.0. The highest BCUT2D eigenvalue weighted by atomic mass is 16.2. The maximum atomic E-state index is 13.3. The maximum absolute atomic E-state index is 13.3. The summed E-state index contributed by atoms with van der Waals surface area (Å²) in [6.07, 6.45) is 15.5. The number of amides is 2. The highest BCUT2D eigenvalue weighted by Gasteiger charge is 2.51. The van der Waals surface area contributed by atoms with Gasteiger partial charge < -0.3 is 10.2 Å². The van der Waals surface area contributed by atoms with E-state index in [9.17, 15) is 9.59 Å². The highest BCUT2D eigenvalue weighted by Crippen LogP contribution is 2.46. The third kappa shape index (κ3) is 3.59. The minimum atomic E-state index is -0.611. The monoisotopic (exact) mass is 483 g/mol. The molecule has 0 unspecified atom stereocenters. The van der Waals surface area contributed by atoms with Gasteiger partial charge >= 0.3 is 0 Å². The zero-order valence-electron chi connectivity index (χ0n) is 21.1. The lowest BCUT2D eigenvalue weighted by Gasteiger charge is -2.35. The zero-order valence-corrected chi connectivity index (χ0v) is 21.1. The van der Waals surface area contributed by atoms with Gasteiger partial charge in [-0.2, -0.15) is 0 Å². The van der Waals surface area contributed by atoms with Crippen LogP contribution in [-0.4, -0.2) is 44.6 Å². The summed E-state index contributed by atoms with van der Waals surface area (Å²) >= 11 is 0. The van der Waals surface area contributed by atoms with Gasteiger partial charge in [0.25, 0.3) is 5.91 Å². The predicted molar refractivity (Wildman–Crippen MR) is 140 cm³/mol. The second-order valence-corrected chi connectivity index (χ2v) is 11.0. The third-order valence-electron chi connectivity index (χ3n) is 8.38. The van der Waals surface area contributed by atoms with Gasteiger partial charge in [0, 0.05) is 42.5 Å². The molecule has 0 radical (unpaired) electrons. The molecule has 2 aliphatic carbocycles. The first-order chi connectivity index (χ1) is 17.4. The first kappa shape index (κ1) is 23.1. The Bertz CT molecular complexity index is 1290. The normalized spacial score (nSPS) is 24.5. The van der Waals surface area contributed by atoms with E-state index >= 15 is 0 Å². The number of aliphatic imine (C=N–C) groups is 1.